The van der Waals surface area contributed by atoms with E-state index in [0.717, 1.165) is 62.4 Å². The summed E-state index contributed by atoms with van der Waals surface area (Å²) in [7, 11) is 5.44. The van der Waals surface area contributed by atoms with Crippen molar-refractivity contribution < 1.29 is 9.53 Å². The molecule has 0 saturated heterocycles. The summed E-state index contributed by atoms with van der Waals surface area (Å²) in [5.74, 6) is 1.83. The van der Waals surface area contributed by atoms with Gasteiger partial charge in [-0.25, -0.2) is 0 Å². The standard InChI is InChI=1S/C22H36N4O2.HI/c1-5-6-14-28-19-11-9-10-18(15-19)16-24-21(23-2)25-17-22(12-7-8-13-22)20(27)26(3)4;/h9-11,15H,5-8,12-14,16-17H2,1-4H3,(H2,23,24,25);1H. The molecular weight excluding hydrogens is 479 g/mol. The molecule has 1 aromatic carbocycles. The number of ether oxygens (including phenoxy) is 1. The highest BCUT2D eigenvalue weighted by atomic mass is 127. The van der Waals surface area contributed by atoms with Gasteiger partial charge in [0.1, 0.15) is 5.75 Å². The Hall–Kier alpha value is -1.51. The maximum atomic E-state index is 12.7. The van der Waals surface area contributed by atoms with Gasteiger partial charge in [-0.3, -0.25) is 9.79 Å². The van der Waals surface area contributed by atoms with Crippen molar-refractivity contribution in [3.8, 4) is 5.75 Å². The van der Waals surface area contributed by atoms with Crippen LogP contribution in [-0.2, 0) is 11.3 Å². The molecule has 0 unspecified atom stereocenters. The van der Waals surface area contributed by atoms with Gasteiger partial charge >= 0.3 is 0 Å². The molecule has 1 saturated carbocycles. The third-order valence-electron chi connectivity index (χ3n) is 5.36. The molecular formula is C22H37IN4O2. The highest BCUT2D eigenvalue weighted by Crippen LogP contribution is 2.38. The summed E-state index contributed by atoms with van der Waals surface area (Å²) >= 11 is 0. The molecule has 0 radical (unpaired) electrons. The Morgan fingerprint density at radius 1 is 1.24 bits per heavy atom. The van der Waals surface area contributed by atoms with Gasteiger partial charge in [0, 0.05) is 34.2 Å². The van der Waals surface area contributed by atoms with Gasteiger partial charge in [0.2, 0.25) is 5.91 Å². The zero-order valence-corrected chi connectivity index (χ0v) is 20.6. The minimum Gasteiger partial charge on any atom is -0.494 e. The molecule has 29 heavy (non-hydrogen) atoms. The third kappa shape index (κ3) is 7.68. The Morgan fingerprint density at radius 2 is 1.97 bits per heavy atom. The Morgan fingerprint density at radius 3 is 2.59 bits per heavy atom. The van der Waals surface area contributed by atoms with Gasteiger partial charge in [-0.2, -0.15) is 0 Å². The van der Waals surface area contributed by atoms with Crippen LogP contribution in [0.3, 0.4) is 0 Å². The van der Waals surface area contributed by atoms with E-state index >= 15 is 0 Å². The molecule has 0 aromatic heterocycles. The van der Waals surface area contributed by atoms with Crippen molar-refractivity contribution in [3.63, 3.8) is 0 Å². The van der Waals surface area contributed by atoms with Gasteiger partial charge in [0.25, 0.3) is 0 Å². The minimum absolute atomic E-state index is 0. The van der Waals surface area contributed by atoms with E-state index in [1.807, 2.05) is 26.2 Å². The fourth-order valence-electron chi connectivity index (χ4n) is 3.73. The Balaban J connectivity index is 0.00000420. The fraction of sp³-hybridized carbons (Fsp3) is 0.636. The van der Waals surface area contributed by atoms with E-state index < -0.39 is 0 Å². The predicted molar refractivity (Wildman–Crippen MR) is 130 cm³/mol. The lowest BCUT2D eigenvalue weighted by Crippen LogP contribution is -2.49. The van der Waals surface area contributed by atoms with E-state index in [9.17, 15) is 4.79 Å². The number of guanidine groups is 1. The highest BCUT2D eigenvalue weighted by Gasteiger charge is 2.42. The Bertz CT molecular complexity index is 658. The first kappa shape index (κ1) is 25.5. The number of nitrogens with one attached hydrogen (secondary N) is 2. The zero-order valence-electron chi connectivity index (χ0n) is 18.3. The number of hydrogen-bond donors (Lipinski definition) is 2. The molecule has 2 rings (SSSR count). The Labute approximate surface area is 192 Å². The summed E-state index contributed by atoms with van der Waals surface area (Å²) < 4.78 is 5.78. The van der Waals surface area contributed by atoms with Gasteiger partial charge in [0.15, 0.2) is 5.96 Å². The smallest absolute Gasteiger partial charge is 0.230 e. The maximum Gasteiger partial charge on any atom is 0.230 e. The summed E-state index contributed by atoms with van der Waals surface area (Å²) in [6.45, 7) is 4.17. The van der Waals surface area contributed by atoms with E-state index in [4.69, 9.17) is 4.74 Å². The minimum atomic E-state index is -0.311. The van der Waals surface area contributed by atoms with Crippen LogP contribution in [0.1, 0.15) is 51.0 Å². The van der Waals surface area contributed by atoms with Crippen molar-refractivity contribution in [1.29, 1.82) is 0 Å². The van der Waals surface area contributed by atoms with E-state index in [1.54, 1.807) is 11.9 Å². The molecule has 7 heteroatoms. The summed E-state index contributed by atoms with van der Waals surface area (Å²) in [5, 5.41) is 6.72. The van der Waals surface area contributed by atoms with Crippen molar-refractivity contribution in [2.24, 2.45) is 10.4 Å². The molecule has 0 spiro atoms. The van der Waals surface area contributed by atoms with Gasteiger partial charge < -0.3 is 20.3 Å². The normalized spacial score (nSPS) is 15.4. The summed E-state index contributed by atoms with van der Waals surface area (Å²) in [6.07, 6.45) is 6.28. The molecule has 1 aliphatic carbocycles. The van der Waals surface area contributed by atoms with E-state index in [-0.39, 0.29) is 35.3 Å². The fourth-order valence-corrected chi connectivity index (χ4v) is 3.73. The van der Waals surface area contributed by atoms with Crippen LogP contribution in [-0.4, -0.2) is 51.1 Å². The van der Waals surface area contributed by atoms with Gasteiger partial charge in [0.05, 0.1) is 12.0 Å². The van der Waals surface area contributed by atoms with Crippen molar-refractivity contribution in [3.05, 3.63) is 29.8 Å². The zero-order chi connectivity index (χ0) is 20.4. The van der Waals surface area contributed by atoms with Crippen LogP contribution in [0.4, 0.5) is 0 Å². The number of hydrogen-bond acceptors (Lipinski definition) is 3. The lowest BCUT2D eigenvalue weighted by molar-refractivity contribution is -0.138. The topological polar surface area (TPSA) is 66.0 Å². The van der Waals surface area contributed by atoms with E-state index in [2.05, 4.69) is 34.7 Å². The lowest BCUT2D eigenvalue weighted by atomic mass is 9.84. The number of benzene rings is 1. The largest absolute Gasteiger partial charge is 0.494 e. The maximum absolute atomic E-state index is 12.7. The summed E-state index contributed by atoms with van der Waals surface area (Å²) in [6, 6.07) is 8.13. The molecule has 0 aliphatic heterocycles. The number of aliphatic imine (C=N–C) groups is 1. The van der Waals surface area contributed by atoms with Crippen molar-refractivity contribution in [1.82, 2.24) is 15.5 Å². The van der Waals surface area contributed by atoms with E-state index in [1.165, 1.54) is 0 Å². The summed E-state index contributed by atoms with van der Waals surface area (Å²) in [4.78, 5) is 18.7. The first-order valence-corrected chi connectivity index (χ1v) is 10.4. The summed E-state index contributed by atoms with van der Waals surface area (Å²) in [5.41, 5.74) is 0.825. The second kappa shape index (κ2) is 12.9. The van der Waals surface area contributed by atoms with Crippen molar-refractivity contribution in [2.45, 2.75) is 52.0 Å². The SMILES string of the molecule is CCCCOc1cccc(CNC(=NC)NCC2(C(=O)N(C)C)CCCC2)c1.I. The molecule has 1 aliphatic rings. The number of halogens is 1. The molecule has 0 heterocycles. The van der Waals surface area contributed by atoms with Crippen LogP contribution in [0.5, 0.6) is 5.75 Å². The van der Waals surface area contributed by atoms with E-state index in [0.29, 0.717) is 13.1 Å². The lowest BCUT2D eigenvalue weighted by Gasteiger charge is -2.31. The second-order valence-corrected chi connectivity index (χ2v) is 7.82. The van der Waals surface area contributed by atoms with Crippen LogP contribution in [0.25, 0.3) is 0 Å². The monoisotopic (exact) mass is 516 g/mol. The van der Waals surface area contributed by atoms with Crippen LogP contribution in [0.2, 0.25) is 0 Å². The number of rotatable bonds is 9. The molecule has 1 amide bonds. The molecule has 0 atom stereocenters. The number of carbonyl (C=O) groups excluding carboxylic acids is 1. The van der Waals surface area contributed by atoms with Crippen LogP contribution < -0.4 is 15.4 Å². The molecule has 1 aromatic rings. The number of amides is 1. The second-order valence-electron chi connectivity index (χ2n) is 7.82. The molecule has 1 fully saturated rings. The average Bonchev–Trinajstić information content (AvgIpc) is 3.18. The van der Waals surface area contributed by atoms with Gasteiger partial charge in [-0.1, -0.05) is 38.3 Å². The first-order valence-electron chi connectivity index (χ1n) is 10.4. The van der Waals surface area contributed by atoms with Gasteiger partial charge in [-0.05, 0) is 37.0 Å². The molecule has 164 valence electrons. The van der Waals surface area contributed by atoms with Crippen molar-refractivity contribution >= 4 is 35.8 Å². The van der Waals surface area contributed by atoms with Crippen LogP contribution in [0, 0.1) is 5.41 Å². The van der Waals surface area contributed by atoms with Crippen LogP contribution >= 0.6 is 24.0 Å². The average molecular weight is 516 g/mol. The van der Waals surface area contributed by atoms with Gasteiger partial charge in [-0.15, -0.1) is 24.0 Å². The predicted octanol–water partition coefficient (Wildman–Crippen LogP) is 3.80. The van der Waals surface area contributed by atoms with Crippen molar-refractivity contribution in [2.75, 3.05) is 34.3 Å². The van der Waals surface area contributed by atoms with Crippen LogP contribution in [0.15, 0.2) is 29.3 Å². The highest BCUT2D eigenvalue weighted by molar-refractivity contribution is 14.0. The number of unbranched alkanes of at least 4 members (excludes halogenated alkanes) is 1. The third-order valence-corrected chi connectivity index (χ3v) is 5.36. The molecule has 2 N–H and O–H groups in total. The molecule has 6 nitrogen and oxygen atoms in total. The Kier molecular flexibility index (Phi) is 11.4. The first-order chi connectivity index (χ1) is 13.5. The number of nitrogens with zero attached hydrogens (tertiary/aromatic N) is 2. The quantitative estimate of drug-likeness (QED) is 0.227. The number of carbonyl (C=O) groups is 1. The molecule has 0 bridgehead atoms.